The summed E-state index contributed by atoms with van der Waals surface area (Å²) in [6.07, 6.45) is 0.620. The molecular weight excluding hydrogens is 432 g/mol. The minimum absolute atomic E-state index is 0.147. The first kappa shape index (κ1) is 24.8. The molecule has 180 valence electrons. The third kappa shape index (κ3) is 6.81. The number of amides is 4. The van der Waals surface area contributed by atoms with Crippen LogP contribution in [0, 0.1) is 0 Å². The number of carbonyl (C=O) groups is 4. The van der Waals surface area contributed by atoms with Crippen LogP contribution in [0.5, 0.6) is 0 Å². The molecule has 1 atom stereocenters. The fourth-order valence-electron chi connectivity index (χ4n) is 3.71. The average Bonchev–Trinajstić information content (AvgIpc) is 3.12. The lowest BCUT2D eigenvalue weighted by molar-refractivity contribution is -0.137. The predicted octanol–water partition coefficient (Wildman–Crippen LogP) is -0.215. The largest absolute Gasteiger partial charge is 0.379 e. The summed E-state index contributed by atoms with van der Waals surface area (Å²) in [5.74, 6) is -1.33. The number of anilines is 1. The monoisotopic (exact) mass is 462 g/mol. The summed E-state index contributed by atoms with van der Waals surface area (Å²) in [6.45, 7) is 3.10. The number of carbonyl (C=O) groups excluding carboxylic acids is 4. The van der Waals surface area contributed by atoms with E-state index in [1.54, 1.807) is 18.2 Å². The smallest absolute Gasteiger partial charge is 0.255 e. The van der Waals surface area contributed by atoms with E-state index >= 15 is 0 Å². The molecule has 0 radical (unpaired) electrons. The number of piperidine rings is 1. The molecule has 0 aromatic heterocycles. The second kappa shape index (κ2) is 12.4. The van der Waals surface area contributed by atoms with Crippen LogP contribution in [0.4, 0.5) is 5.69 Å². The second-order valence-electron chi connectivity index (χ2n) is 7.66. The first-order valence-corrected chi connectivity index (χ1v) is 11.0. The van der Waals surface area contributed by atoms with Gasteiger partial charge in [-0.15, -0.1) is 0 Å². The van der Waals surface area contributed by atoms with Crippen molar-refractivity contribution in [1.82, 2.24) is 10.2 Å². The normalized spacial score (nSPS) is 17.8. The van der Waals surface area contributed by atoms with Crippen molar-refractivity contribution in [1.29, 1.82) is 0 Å². The van der Waals surface area contributed by atoms with Crippen molar-refractivity contribution in [3.8, 4) is 0 Å². The van der Waals surface area contributed by atoms with Crippen molar-refractivity contribution in [2.75, 3.05) is 51.5 Å². The van der Waals surface area contributed by atoms with Crippen LogP contribution in [0.3, 0.4) is 0 Å². The number of fused-ring (bicyclic) bond motifs is 1. The predicted molar refractivity (Wildman–Crippen MR) is 117 cm³/mol. The van der Waals surface area contributed by atoms with E-state index in [0.29, 0.717) is 56.4 Å². The highest BCUT2D eigenvalue weighted by Crippen LogP contribution is 2.32. The Morgan fingerprint density at radius 3 is 2.45 bits per heavy atom. The van der Waals surface area contributed by atoms with Crippen LogP contribution in [0.15, 0.2) is 18.2 Å². The van der Waals surface area contributed by atoms with Gasteiger partial charge in [-0.05, 0) is 18.6 Å². The minimum Gasteiger partial charge on any atom is -0.379 e. The van der Waals surface area contributed by atoms with Crippen LogP contribution in [0.2, 0.25) is 0 Å². The van der Waals surface area contributed by atoms with Gasteiger partial charge in [0.15, 0.2) is 0 Å². The highest BCUT2D eigenvalue weighted by molar-refractivity contribution is 6.06. The lowest BCUT2D eigenvalue weighted by atomic mass is 10.0. The van der Waals surface area contributed by atoms with Crippen LogP contribution in [-0.4, -0.2) is 80.8 Å². The molecule has 2 aliphatic heterocycles. The second-order valence-corrected chi connectivity index (χ2v) is 7.66. The molecule has 1 aromatic rings. The summed E-state index contributed by atoms with van der Waals surface area (Å²) in [4.78, 5) is 50.2. The van der Waals surface area contributed by atoms with Crippen molar-refractivity contribution in [2.45, 2.75) is 31.8 Å². The van der Waals surface area contributed by atoms with Crippen LogP contribution in [-0.2, 0) is 35.1 Å². The summed E-state index contributed by atoms with van der Waals surface area (Å²) >= 11 is 0. The molecule has 0 aliphatic carbocycles. The van der Waals surface area contributed by atoms with Gasteiger partial charge in [0.1, 0.15) is 6.04 Å². The van der Waals surface area contributed by atoms with E-state index in [1.807, 2.05) is 0 Å². The minimum atomic E-state index is -0.700. The Morgan fingerprint density at radius 1 is 1.06 bits per heavy atom. The van der Waals surface area contributed by atoms with Gasteiger partial charge in [-0.1, -0.05) is 6.07 Å². The summed E-state index contributed by atoms with van der Waals surface area (Å²) in [5.41, 5.74) is 6.95. The maximum Gasteiger partial charge on any atom is 0.255 e. The quantitative estimate of drug-likeness (QED) is 0.269. The molecule has 2 aliphatic rings. The van der Waals surface area contributed by atoms with E-state index < -0.39 is 11.9 Å². The summed E-state index contributed by atoms with van der Waals surface area (Å²) in [6, 6.07) is 4.38. The van der Waals surface area contributed by atoms with Crippen LogP contribution in [0.1, 0.15) is 35.2 Å². The number of nitrogens with one attached hydrogen (secondary N) is 2. The number of ether oxygens (including phenoxy) is 3. The van der Waals surface area contributed by atoms with Crippen molar-refractivity contribution >= 4 is 29.3 Å². The van der Waals surface area contributed by atoms with E-state index in [0.717, 1.165) is 0 Å². The van der Waals surface area contributed by atoms with Crippen molar-refractivity contribution in [3.05, 3.63) is 29.3 Å². The highest BCUT2D eigenvalue weighted by Gasteiger charge is 2.39. The van der Waals surface area contributed by atoms with Gasteiger partial charge >= 0.3 is 0 Å². The Labute approximate surface area is 191 Å². The first-order chi connectivity index (χ1) is 16.0. The van der Waals surface area contributed by atoms with E-state index in [4.69, 9.17) is 19.9 Å². The molecule has 0 saturated carbocycles. The molecule has 0 bridgehead atoms. The summed E-state index contributed by atoms with van der Waals surface area (Å²) in [5, 5.41) is 5.10. The number of rotatable bonds is 13. The molecule has 11 heteroatoms. The Hall–Kier alpha value is -2.86. The molecule has 4 amide bonds. The maximum absolute atomic E-state index is 12.8. The molecule has 11 nitrogen and oxygen atoms in total. The topological polar surface area (TPSA) is 149 Å². The Balaban J connectivity index is 1.42. The van der Waals surface area contributed by atoms with E-state index in [-0.39, 0.29) is 50.1 Å². The molecular formula is C22H30N4O7. The molecule has 4 N–H and O–H groups in total. The average molecular weight is 463 g/mol. The molecule has 1 unspecified atom stereocenters. The van der Waals surface area contributed by atoms with Crippen LogP contribution < -0.4 is 16.4 Å². The number of imide groups is 1. The number of hydrogen-bond acceptors (Lipinski definition) is 8. The van der Waals surface area contributed by atoms with E-state index in [2.05, 4.69) is 10.6 Å². The van der Waals surface area contributed by atoms with Crippen molar-refractivity contribution in [2.24, 2.45) is 5.73 Å². The van der Waals surface area contributed by atoms with Gasteiger partial charge in [0.25, 0.3) is 5.91 Å². The van der Waals surface area contributed by atoms with Gasteiger partial charge in [-0.3, -0.25) is 24.5 Å². The van der Waals surface area contributed by atoms with Crippen LogP contribution >= 0.6 is 0 Å². The summed E-state index contributed by atoms with van der Waals surface area (Å²) in [7, 11) is 0. The highest BCUT2D eigenvalue weighted by atomic mass is 16.5. The van der Waals surface area contributed by atoms with Crippen molar-refractivity contribution < 1.29 is 33.4 Å². The third-order valence-electron chi connectivity index (χ3n) is 5.34. The molecule has 0 spiro atoms. The SMILES string of the molecule is NCCOCCOCCOCCC(=O)Nc1cccc2c1CN(C1CCC(=O)NC1=O)C2=O. The van der Waals surface area contributed by atoms with Crippen LogP contribution in [0.25, 0.3) is 0 Å². The number of benzene rings is 1. The van der Waals surface area contributed by atoms with Gasteiger partial charge in [0, 0.05) is 36.3 Å². The zero-order chi connectivity index (χ0) is 23.6. The number of hydrogen-bond donors (Lipinski definition) is 3. The van der Waals surface area contributed by atoms with Gasteiger partial charge in [-0.25, -0.2) is 0 Å². The third-order valence-corrected chi connectivity index (χ3v) is 5.34. The lowest BCUT2D eigenvalue weighted by Crippen LogP contribution is -2.52. The zero-order valence-electron chi connectivity index (χ0n) is 18.5. The zero-order valence-corrected chi connectivity index (χ0v) is 18.5. The standard InChI is InChI=1S/C22H30N4O7/c23-7-9-32-11-13-33-12-10-31-8-6-20(28)24-17-3-1-2-15-16(17)14-26(22(15)30)18-4-5-19(27)25-21(18)29/h1-3,18H,4-14,23H2,(H,24,28)(H,25,27,29). The molecule has 33 heavy (non-hydrogen) atoms. The molecule has 3 rings (SSSR count). The molecule has 1 saturated heterocycles. The van der Waals surface area contributed by atoms with Crippen molar-refractivity contribution in [3.63, 3.8) is 0 Å². The fourth-order valence-corrected chi connectivity index (χ4v) is 3.71. The van der Waals surface area contributed by atoms with Gasteiger partial charge in [0.2, 0.25) is 17.7 Å². The maximum atomic E-state index is 12.8. The number of nitrogens with zero attached hydrogens (tertiary/aromatic N) is 1. The van der Waals surface area contributed by atoms with E-state index in [9.17, 15) is 19.2 Å². The van der Waals surface area contributed by atoms with Gasteiger partial charge in [0.05, 0.1) is 46.1 Å². The summed E-state index contributed by atoms with van der Waals surface area (Å²) < 4.78 is 15.9. The van der Waals surface area contributed by atoms with Gasteiger partial charge < -0.3 is 30.2 Å². The number of nitrogens with two attached hydrogens (primary N) is 1. The van der Waals surface area contributed by atoms with E-state index in [1.165, 1.54) is 4.90 Å². The Bertz CT molecular complexity index is 876. The van der Waals surface area contributed by atoms with Gasteiger partial charge in [-0.2, -0.15) is 0 Å². The Morgan fingerprint density at radius 2 is 1.76 bits per heavy atom. The lowest BCUT2D eigenvalue weighted by Gasteiger charge is -2.29. The molecule has 2 heterocycles. The Kier molecular flexibility index (Phi) is 9.31. The first-order valence-electron chi connectivity index (χ1n) is 11.0. The molecule has 1 fully saturated rings. The molecule has 1 aromatic carbocycles. The fraction of sp³-hybridized carbons (Fsp3) is 0.545.